The van der Waals surface area contributed by atoms with Gasteiger partial charge in [0.15, 0.2) is 0 Å². The molecule has 3 aliphatic rings. The zero-order valence-corrected chi connectivity index (χ0v) is 12.6. The van der Waals surface area contributed by atoms with E-state index < -0.39 is 5.97 Å². The third-order valence-electron chi connectivity index (χ3n) is 5.22. The van der Waals surface area contributed by atoms with E-state index in [1.807, 2.05) is 0 Å². The number of carboxylic acid groups (broad SMARTS) is 1. The van der Waals surface area contributed by atoms with Crippen LogP contribution in [0.1, 0.15) is 51.4 Å². The topological polar surface area (TPSA) is 69.6 Å². The van der Waals surface area contributed by atoms with Gasteiger partial charge in [0.2, 0.25) is 5.91 Å². The molecule has 21 heavy (non-hydrogen) atoms. The molecule has 0 aliphatic heterocycles. The minimum atomic E-state index is -0.742. The van der Waals surface area contributed by atoms with Crippen LogP contribution in [0.3, 0.4) is 0 Å². The third kappa shape index (κ3) is 4.19. The predicted octanol–water partition coefficient (Wildman–Crippen LogP) is 1.62. The van der Waals surface area contributed by atoms with Crippen molar-refractivity contribution in [2.45, 2.75) is 63.5 Å². The molecule has 5 heteroatoms. The molecule has 0 bridgehead atoms. The highest BCUT2D eigenvalue weighted by molar-refractivity contribution is 5.76. The van der Waals surface area contributed by atoms with Crippen LogP contribution >= 0.6 is 0 Å². The van der Waals surface area contributed by atoms with Crippen LogP contribution in [0.2, 0.25) is 0 Å². The van der Waals surface area contributed by atoms with Crippen molar-refractivity contribution in [1.29, 1.82) is 0 Å². The van der Waals surface area contributed by atoms with Gasteiger partial charge in [-0.2, -0.15) is 0 Å². The van der Waals surface area contributed by atoms with Crippen LogP contribution in [0.4, 0.5) is 0 Å². The van der Waals surface area contributed by atoms with Crippen molar-refractivity contribution in [2.24, 2.45) is 11.8 Å². The van der Waals surface area contributed by atoms with E-state index in [2.05, 4.69) is 10.2 Å². The Kier molecular flexibility index (Phi) is 4.48. The second-order valence-corrected chi connectivity index (χ2v) is 7.16. The Morgan fingerprint density at radius 2 is 1.81 bits per heavy atom. The Morgan fingerprint density at radius 1 is 1.10 bits per heavy atom. The van der Waals surface area contributed by atoms with Gasteiger partial charge >= 0.3 is 5.97 Å². The monoisotopic (exact) mass is 294 g/mol. The Bertz CT molecular complexity index is 398. The summed E-state index contributed by atoms with van der Waals surface area (Å²) in [5.74, 6) is 0.763. The SMILES string of the molecule is O=C(O)CN(CC1CC1)C1CC(NC(=O)CC2CCC2)C1. The van der Waals surface area contributed by atoms with Crippen LogP contribution in [-0.4, -0.2) is 47.1 Å². The fourth-order valence-electron chi connectivity index (χ4n) is 3.40. The molecule has 3 fully saturated rings. The summed E-state index contributed by atoms with van der Waals surface area (Å²) in [5.41, 5.74) is 0. The molecule has 0 unspecified atom stereocenters. The number of aliphatic carboxylic acids is 1. The smallest absolute Gasteiger partial charge is 0.317 e. The van der Waals surface area contributed by atoms with Crippen LogP contribution in [0, 0.1) is 11.8 Å². The van der Waals surface area contributed by atoms with E-state index in [9.17, 15) is 9.59 Å². The summed E-state index contributed by atoms with van der Waals surface area (Å²) in [7, 11) is 0. The number of carbonyl (C=O) groups is 2. The second kappa shape index (κ2) is 6.34. The molecular weight excluding hydrogens is 268 g/mol. The Morgan fingerprint density at radius 3 is 2.33 bits per heavy atom. The van der Waals surface area contributed by atoms with Gasteiger partial charge in [-0.15, -0.1) is 0 Å². The highest BCUT2D eigenvalue weighted by atomic mass is 16.4. The lowest BCUT2D eigenvalue weighted by Crippen LogP contribution is -2.55. The first-order valence-corrected chi connectivity index (χ1v) is 8.35. The normalized spacial score (nSPS) is 28.8. The maximum Gasteiger partial charge on any atom is 0.317 e. The number of hydrogen-bond acceptors (Lipinski definition) is 3. The van der Waals surface area contributed by atoms with Crippen molar-refractivity contribution in [2.75, 3.05) is 13.1 Å². The highest BCUT2D eigenvalue weighted by Crippen LogP contribution is 2.34. The van der Waals surface area contributed by atoms with Gasteiger partial charge in [0.25, 0.3) is 0 Å². The summed E-state index contributed by atoms with van der Waals surface area (Å²) in [6.45, 7) is 1.06. The fraction of sp³-hybridized carbons (Fsp3) is 0.875. The first-order chi connectivity index (χ1) is 10.1. The minimum Gasteiger partial charge on any atom is -0.480 e. The van der Waals surface area contributed by atoms with E-state index >= 15 is 0 Å². The maximum atomic E-state index is 11.9. The van der Waals surface area contributed by atoms with Gasteiger partial charge in [0, 0.05) is 25.0 Å². The first kappa shape index (κ1) is 14.8. The number of nitrogens with one attached hydrogen (secondary N) is 1. The van der Waals surface area contributed by atoms with Crippen LogP contribution in [0.25, 0.3) is 0 Å². The summed E-state index contributed by atoms with van der Waals surface area (Å²) in [6.07, 6.45) is 8.67. The van der Waals surface area contributed by atoms with Crippen molar-refractivity contribution in [3.63, 3.8) is 0 Å². The maximum absolute atomic E-state index is 11.9. The fourth-order valence-corrected chi connectivity index (χ4v) is 3.40. The number of hydrogen-bond donors (Lipinski definition) is 2. The molecule has 2 N–H and O–H groups in total. The Labute approximate surface area is 126 Å². The van der Waals surface area contributed by atoms with Gasteiger partial charge in [0.05, 0.1) is 6.54 Å². The second-order valence-electron chi connectivity index (χ2n) is 7.16. The molecule has 0 aromatic heterocycles. The van der Waals surface area contributed by atoms with Crippen molar-refractivity contribution in [1.82, 2.24) is 10.2 Å². The van der Waals surface area contributed by atoms with Crippen LogP contribution in [0.15, 0.2) is 0 Å². The van der Waals surface area contributed by atoms with E-state index in [-0.39, 0.29) is 18.5 Å². The zero-order valence-electron chi connectivity index (χ0n) is 12.6. The van der Waals surface area contributed by atoms with Gasteiger partial charge in [-0.05, 0) is 50.4 Å². The number of rotatable bonds is 8. The standard InChI is InChI=1S/C16H26N2O3/c19-15(6-11-2-1-3-11)17-13-7-14(8-13)18(10-16(20)21)9-12-4-5-12/h11-14H,1-10H2,(H,17,19)(H,20,21). The molecule has 0 radical (unpaired) electrons. The average molecular weight is 294 g/mol. The van der Waals surface area contributed by atoms with Gasteiger partial charge in [-0.1, -0.05) is 6.42 Å². The molecule has 0 aromatic carbocycles. The van der Waals surface area contributed by atoms with Crippen molar-refractivity contribution >= 4 is 11.9 Å². The number of nitrogens with zero attached hydrogens (tertiary/aromatic N) is 1. The molecule has 0 heterocycles. The molecule has 1 amide bonds. The number of amides is 1. The number of carbonyl (C=O) groups excluding carboxylic acids is 1. The zero-order chi connectivity index (χ0) is 14.8. The lowest BCUT2D eigenvalue weighted by molar-refractivity contribution is -0.140. The quantitative estimate of drug-likeness (QED) is 0.714. The van der Waals surface area contributed by atoms with Crippen LogP contribution < -0.4 is 5.32 Å². The van der Waals surface area contributed by atoms with E-state index in [1.54, 1.807) is 0 Å². The van der Waals surface area contributed by atoms with E-state index in [4.69, 9.17) is 5.11 Å². The molecule has 0 saturated heterocycles. The lowest BCUT2D eigenvalue weighted by Gasteiger charge is -2.43. The van der Waals surface area contributed by atoms with Crippen molar-refractivity contribution in [3.05, 3.63) is 0 Å². The summed E-state index contributed by atoms with van der Waals surface area (Å²) < 4.78 is 0. The Hall–Kier alpha value is -1.10. The molecule has 3 rings (SSSR count). The van der Waals surface area contributed by atoms with Gasteiger partial charge < -0.3 is 10.4 Å². The summed E-state index contributed by atoms with van der Waals surface area (Å²) in [5, 5.41) is 12.1. The summed E-state index contributed by atoms with van der Waals surface area (Å²) >= 11 is 0. The highest BCUT2D eigenvalue weighted by Gasteiger charge is 2.37. The first-order valence-electron chi connectivity index (χ1n) is 8.35. The molecular formula is C16H26N2O3. The summed E-state index contributed by atoms with van der Waals surface area (Å²) in [6, 6.07) is 0.605. The molecule has 0 aromatic rings. The summed E-state index contributed by atoms with van der Waals surface area (Å²) in [4.78, 5) is 24.9. The van der Waals surface area contributed by atoms with E-state index in [1.165, 1.54) is 32.1 Å². The molecule has 5 nitrogen and oxygen atoms in total. The van der Waals surface area contributed by atoms with Crippen molar-refractivity contribution < 1.29 is 14.7 Å². The largest absolute Gasteiger partial charge is 0.480 e. The molecule has 3 saturated carbocycles. The number of carboxylic acids is 1. The lowest BCUT2D eigenvalue weighted by atomic mass is 9.81. The minimum absolute atomic E-state index is 0.143. The van der Waals surface area contributed by atoms with Gasteiger partial charge in [-0.3, -0.25) is 14.5 Å². The molecule has 3 aliphatic carbocycles. The molecule has 0 spiro atoms. The van der Waals surface area contributed by atoms with E-state index in [0.29, 0.717) is 24.3 Å². The predicted molar refractivity (Wildman–Crippen MR) is 78.8 cm³/mol. The average Bonchev–Trinajstić information content (AvgIpc) is 3.10. The Balaban J connectivity index is 1.37. The van der Waals surface area contributed by atoms with Crippen LogP contribution in [-0.2, 0) is 9.59 Å². The van der Waals surface area contributed by atoms with E-state index in [0.717, 1.165) is 19.4 Å². The van der Waals surface area contributed by atoms with Crippen LogP contribution in [0.5, 0.6) is 0 Å². The third-order valence-corrected chi connectivity index (χ3v) is 5.22. The van der Waals surface area contributed by atoms with Gasteiger partial charge in [0.1, 0.15) is 0 Å². The van der Waals surface area contributed by atoms with Gasteiger partial charge in [-0.25, -0.2) is 0 Å². The van der Waals surface area contributed by atoms with Crippen molar-refractivity contribution in [3.8, 4) is 0 Å². The molecule has 0 atom stereocenters. The molecule has 118 valence electrons.